The number of methoxy groups -OCH3 is 1. The minimum atomic E-state index is -0.198. The van der Waals surface area contributed by atoms with E-state index in [9.17, 15) is 9.59 Å². The number of nitrogens with one attached hydrogen (secondary N) is 1. The SMILES string of the molecule is COc1ccccc1C=C1SC(=S)N(CCC(=O)Nc2cccc(Br)c2)C1=O. The molecule has 1 aliphatic rings. The summed E-state index contributed by atoms with van der Waals surface area (Å²) >= 11 is 9.92. The van der Waals surface area contributed by atoms with Crippen LogP contribution in [0.1, 0.15) is 12.0 Å². The average Bonchev–Trinajstić information content (AvgIpc) is 2.93. The van der Waals surface area contributed by atoms with E-state index in [-0.39, 0.29) is 24.8 Å². The fourth-order valence-corrected chi connectivity index (χ4v) is 4.32. The molecule has 1 heterocycles. The maximum atomic E-state index is 12.7. The second-order valence-electron chi connectivity index (χ2n) is 5.88. The van der Waals surface area contributed by atoms with Crippen LogP contribution in [0.4, 0.5) is 5.69 Å². The van der Waals surface area contributed by atoms with Crippen molar-refractivity contribution in [3.05, 3.63) is 63.5 Å². The zero-order valence-corrected chi connectivity index (χ0v) is 18.2. The number of thioether (sulfide) groups is 1. The van der Waals surface area contributed by atoms with Crippen LogP contribution in [0.5, 0.6) is 5.75 Å². The Labute approximate surface area is 181 Å². The second-order valence-corrected chi connectivity index (χ2v) is 8.48. The molecule has 8 heteroatoms. The first-order valence-corrected chi connectivity index (χ1v) is 10.4. The van der Waals surface area contributed by atoms with Crippen molar-refractivity contribution in [2.45, 2.75) is 6.42 Å². The van der Waals surface area contributed by atoms with Crippen LogP contribution in [0.15, 0.2) is 57.9 Å². The third kappa shape index (κ3) is 5.01. The van der Waals surface area contributed by atoms with Crippen molar-refractivity contribution in [3.8, 4) is 5.75 Å². The minimum absolute atomic E-state index is 0.154. The number of rotatable bonds is 6. The standard InChI is InChI=1S/C20H17BrN2O3S2/c1-26-16-8-3-2-5-13(16)11-17-19(25)23(20(27)28-17)10-9-18(24)22-15-7-4-6-14(21)12-15/h2-8,11-12H,9-10H2,1H3,(H,22,24). The first-order valence-electron chi connectivity index (χ1n) is 8.42. The molecule has 1 aliphatic heterocycles. The van der Waals surface area contributed by atoms with E-state index in [0.717, 1.165) is 10.0 Å². The van der Waals surface area contributed by atoms with Crippen LogP contribution in [0, 0.1) is 0 Å². The number of nitrogens with zero attached hydrogens (tertiary/aromatic N) is 1. The maximum absolute atomic E-state index is 12.7. The highest BCUT2D eigenvalue weighted by atomic mass is 79.9. The summed E-state index contributed by atoms with van der Waals surface area (Å²) in [5.74, 6) is 0.304. The fraction of sp³-hybridized carbons (Fsp3) is 0.150. The Balaban J connectivity index is 1.64. The van der Waals surface area contributed by atoms with Crippen molar-refractivity contribution >= 4 is 67.8 Å². The molecule has 28 heavy (non-hydrogen) atoms. The highest BCUT2D eigenvalue weighted by Gasteiger charge is 2.32. The van der Waals surface area contributed by atoms with E-state index in [4.69, 9.17) is 17.0 Å². The maximum Gasteiger partial charge on any atom is 0.266 e. The van der Waals surface area contributed by atoms with Gasteiger partial charge in [-0.3, -0.25) is 14.5 Å². The van der Waals surface area contributed by atoms with Gasteiger partial charge in [-0.25, -0.2) is 0 Å². The Kier molecular flexibility index (Phi) is 6.88. The molecule has 2 amide bonds. The van der Waals surface area contributed by atoms with Crippen LogP contribution in [0.25, 0.3) is 6.08 Å². The van der Waals surface area contributed by atoms with Gasteiger partial charge in [-0.15, -0.1) is 0 Å². The third-order valence-electron chi connectivity index (χ3n) is 3.97. The van der Waals surface area contributed by atoms with Gasteiger partial charge in [0.2, 0.25) is 5.91 Å². The first-order chi connectivity index (χ1) is 13.5. The topological polar surface area (TPSA) is 58.6 Å². The first kappa shape index (κ1) is 20.6. The molecule has 2 aromatic carbocycles. The van der Waals surface area contributed by atoms with Gasteiger partial charge in [-0.05, 0) is 30.3 Å². The van der Waals surface area contributed by atoms with Crippen molar-refractivity contribution in [3.63, 3.8) is 0 Å². The van der Waals surface area contributed by atoms with E-state index in [1.807, 2.05) is 42.5 Å². The quantitative estimate of drug-likeness (QED) is 0.484. The lowest BCUT2D eigenvalue weighted by Gasteiger charge is -2.14. The summed E-state index contributed by atoms with van der Waals surface area (Å²) in [7, 11) is 1.59. The zero-order chi connectivity index (χ0) is 20.1. The van der Waals surface area contributed by atoms with Crippen LogP contribution in [0.2, 0.25) is 0 Å². The molecular formula is C20H17BrN2O3S2. The van der Waals surface area contributed by atoms with Gasteiger partial charge in [0.15, 0.2) is 0 Å². The predicted octanol–water partition coefficient (Wildman–Crippen LogP) is 4.69. The van der Waals surface area contributed by atoms with Gasteiger partial charge in [-0.1, -0.05) is 64.2 Å². The normalized spacial score (nSPS) is 15.2. The predicted molar refractivity (Wildman–Crippen MR) is 120 cm³/mol. The number of thiocarbonyl (C=S) groups is 1. The second kappa shape index (κ2) is 9.36. The van der Waals surface area contributed by atoms with Crippen LogP contribution in [0.3, 0.4) is 0 Å². The molecule has 5 nitrogen and oxygen atoms in total. The Morgan fingerprint density at radius 2 is 2.07 bits per heavy atom. The zero-order valence-electron chi connectivity index (χ0n) is 15.0. The lowest BCUT2D eigenvalue weighted by atomic mass is 10.2. The number of ether oxygens (including phenoxy) is 1. The minimum Gasteiger partial charge on any atom is -0.496 e. The molecule has 0 spiro atoms. The highest BCUT2D eigenvalue weighted by molar-refractivity contribution is 9.10. The Morgan fingerprint density at radius 3 is 2.82 bits per heavy atom. The molecule has 1 fully saturated rings. The molecule has 144 valence electrons. The lowest BCUT2D eigenvalue weighted by molar-refractivity contribution is -0.122. The summed E-state index contributed by atoms with van der Waals surface area (Å²) in [5, 5.41) is 2.81. The number of hydrogen-bond acceptors (Lipinski definition) is 5. The largest absolute Gasteiger partial charge is 0.496 e. The van der Waals surface area contributed by atoms with Gasteiger partial charge < -0.3 is 10.1 Å². The molecule has 0 saturated carbocycles. The Hall–Kier alpha value is -2.16. The van der Waals surface area contributed by atoms with E-state index < -0.39 is 0 Å². The summed E-state index contributed by atoms with van der Waals surface area (Å²) in [6.45, 7) is 0.230. The van der Waals surface area contributed by atoms with Gasteiger partial charge in [0.25, 0.3) is 5.91 Å². The van der Waals surface area contributed by atoms with Crippen LogP contribution < -0.4 is 10.1 Å². The van der Waals surface area contributed by atoms with Gasteiger partial charge in [0, 0.05) is 28.7 Å². The van der Waals surface area contributed by atoms with E-state index in [0.29, 0.717) is 20.7 Å². The molecular weight excluding hydrogens is 460 g/mol. The average molecular weight is 477 g/mol. The summed E-state index contributed by atoms with van der Waals surface area (Å²) in [6.07, 6.45) is 1.92. The molecule has 0 unspecified atom stereocenters. The lowest BCUT2D eigenvalue weighted by Crippen LogP contribution is -2.31. The number of carbonyl (C=O) groups excluding carboxylic acids is 2. The monoisotopic (exact) mass is 476 g/mol. The van der Waals surface area contributed by atoms with E-state index in [2.05, 4.69) is 21.2 Å². The number of halogens is 1. The number of amides is 2. The number of hydrogen-bond donors (Lipinski definition) is 1. The van der Waals surface area contributed by atoms with Gasteiger partial charge in [0.05, 0.1) is 12.0 Å². The van der Waals surface area contributed by atoms with Gasteiger partial charge in [0.1, 0.15) is 10.1 Å². The van der Waals surface area contributed by atoms with E-state index >= 15 is 0 Å². The molecule has 0 aromatic heterocycles. The van der Waals surface area contributed by atoms with E-state index in [1.165, 1.54) is 16.7 Å². The van der Waals surface area contributed by atoms with E-state index in [1.54, 1.807) is 19.3 Å². The van der Waals surface area contributed by atoms with Crippen molar-refractivity contribution in [2.24, 2.45) is 0 Å². The van der Waals surface area contributed by atoms with Crippen molar-refractivity contribution < 1.29 is 14.3 Å². The molecule has 1 N–H and O–H groups in total. The van der Waals surface area contributed by atoms with Crippen LogP contribution in [-0.4, -0.2) is 34.7 Å². The molecule has 0 radical (unpaired) electrons. The molecule has 2 aromatic rings. The van der Waals surface area contributed by atoms with Crippen LogP contribution >= 0.6 is 39.9 Å². The summed E-state index contributed by atoms with van der Waals surface area (Å²) in [6, 6.07) is 14.8. The van der Waals surface area contributed by atoms with Gasteiger partial charge >= 0.3 is 0 Å². The fourth-order valence-electron chi connectivity index (χ4n) is 2.62. The van der Waals surface area contributed by atoms with Crippen molar-refractivity contribution in [2.75, 3.05) is 19.0 Å². The summed E-state index contributed by atoms with van der Waals surface area (Å²) in [4.78, 5) is 26.9. The molecule has 0 atom stereocenters. The highest BCUT2D eigenvalue weighted by Crippen LogP contribution is 2.34. The Bertz CT molecular complexity index is 962. The van der Waals surface area contributed by atoms with Crippen molar-refractivity contribution in [1.82, 2.24) is 4.90 Å². The summed E-state index contributed by atoms with van der Waals surface area (Å²) < 4.78 is 6.64. The van der Waals surface area contributed by atoms with Crippen molar-refractivity contribution in [1.29, 1.82) is 0 Å². The number of para-hydroxylation sites is 1. The van der Waals surface area contributed by atoms with Gasteiger partial charge in [-0.2, -0.15) is 0 Å². The summed E-state index contributed by atoms with van der Waals surface area (Å²) in [5.41, 5.74) is 1.50. The number of benzene rings is 2. The number of anilines is 1. The number of carbonyl (C=O) groups is 2. The third-order valence-corrected chi connectivity index (χ3v) is 5.84. The molecule has 0 bridgehead atoms. The van der Waals surface area contributed by atoms with Crippen LogP contribution in [-0.2, 0) is 9.59 Å². The molecule has 3 rings (SSSR count). The molecule has 0 aliphatic carbocycles. The Morgan fingerprint density at radius 1 is 1.29 bits per heavy atom. The smallest absolute Gasteiger partial charge is 0.266 e. The molecule has 1 saturated heterocycles.